The number of hydrogen-bond acceptors (Lipinski definition) is 4. The van der Waals surface area contributed by atoms with E-state index < -0.39 is 0 Å². The number of thioether (sulfide) groups is 1. The van der Waals surface area contributed by atoms with Crippen LogP contribution in [0.4, 0.5) is 0 Å². The molecule has 1 amide bonds. The predicted molar refractivity (Wildman–Crippen MR) is 107 cm³/mol. The smallest absolute Gasteiger partial charge is 0.232 e. The summed E-state index contributed by atoms with van der Waals surface area (Å²) < 4.78 is 5.86. The van der Waals surface area contributed by atoms with Gasteiger partial charge in [0.2, 0.25) is 11.8 Å². The lowest BCUT2D eigenvalue weighted by atomic mass is 9.92. The van der Waals surface area contributed by atoms with Gasteiger partial charge in [-0.3, -0.25) is 4.79 Å². The Bertz CT molecular complexity index is 761. The van der Waals surface area contributed by atoms with Crippen molar-refractivity contribution in [2.24, 2.45) is 11.8 Å². The fraction of sp³-hybridized carbons (Fsp3) is 0.524. The summed E-state index contributed by atoms with van der Waals surface area (Å²) in [6.07, 6.45) is 1.22. The standard InChI is InChI=1S/C21H28N2O2S/c1-14-9-15(2)11-23(10-14)20(24)13-26-12-19-17(4)25-21(22-19)18-8-6-5-7-16(18)3/h5-8,14-15H,9-13H2,1-4H3. The number of aromatic nitrogens is 1. The van der Waals surface area contributed by atoms with Gasteiger partial charge in [-0.05, 0) is 43.7 Å². The molecule has 2 atom stereocenters. The number of aryl methyl sites for hydroxylation is 2. The lowest BCUT2D eigenvalue weighted by molar-refractivity contribution is -0.130. The van der Waals surface area contributed by atoms with E-state index in [2.05, 4.69) is 31.8 Å². The van der Waals surface area contributed by atoms with Crippen LogP contribution in [0.15, 0.2) is 28.7 Å². The highest BCUT2D eigenvalue weighted by molar-refractivity contribution is 7.99. The highest BCUT2D eigenvalue weighted by atomic mass is 32.2. The zero-order chi connectivity index (χ0) is 18.7. The highest BCUT2D eigenvalue weighted by Crippen LogP contribution is 2.27. The third-order valence-corrected chi connectivity index (χ3v) is 5.88. The molecule has 0 bridgehead atoms. The van der Waals surface area contributed by atoms with Gasteiger partial charge in [-0.1, -0.05) is 32.0 Å². The number of likely N-dealkylation sites (tertiary alicyclic amines) is 1. The van der Waals surface area contributed by atoms with Gasteiger partial charge < -0.3 is 9.32 Å². The summed E-state index contributed by atoms with van der Waals surface area (Å²) >= 11 is 1.62. The zero-order valence-electron chi connectivity index (χ0n) is 16.1. The van der Waals surface area contributed by atoms with E-state index >= 15 is 0 Å². The molecule has 1 saturated heterocycles. The third-order valence-electron chi connectivity index (χ3n) is 4.95. The van der Waals surface area contributed by atoms with E-state index in [0.717, 1.165) is 35.7 Å². The molecule has 0 aliphatic carbocycles. The highest BCUT2D eigenvalue weighted by Gasteiger charge is 2.25. The number of hydrogen-bond donors (Lipinski definition) is 0. The van der Waals surface area contributed by atoms with Gasteiger partial charge in [0, 0.05) is 24.4 Å². The van der Waals surface area contributed by atoms with E-state index in [0.29, 0.717) is 29.2 Å². The number of amides is 1. The molecule has 0 radical (unpaired) electrons. The Labute approximate surface area is 160 Å². The molecule has 26 heavy (non-hydrogen) atoms. The van der Waals surface area contributed by atoms with Gasteiger partial charge >= 0.3 is 0 Å². The summed E-state index contributed by atoms with van der Waals surface area (Å²) in [5, 5.41) is 0. The van der Waals surface area contributed by atoms with E-state index in [-0.39, 0.29) is 5.91 Å². The van der Waals surface area contributed by atoms with Crippen LogP contribution < -0.4 is 0 Å². The maximum atomic E-state index is 12.5. The normalized spacial score (nSPS) is 20.4. The maximum Gasteiger partial charge on any atom is 0.232 e. The first-order valence-electron chi connectivity index (χ1n) is 9.32. The summed E-state index contributed by atoms with van der Waals surface area (Å²) in [5.41, 5.74) is 3.11. The summed E-state index contributed by atoms with van der Waals surface area (Å²) in [5.74, 6) is 4.15. The molecule has 0 saturated carbocycles. The average Bonchev–Trinajstić information content (AvgIpc) is 2.95. The van der Waals surface area contributed by atoms with Crippen LogP contribution in [-0.4, -0.2) is 34.6 Å². The second kappa shape index (κ2) is 8.30. The summed E-state index contributed by atoms with van der Waals surface area (Å²) in [4.78, 5) is 19.2. The Hall–Kier alpha value is -1.75. The van der Waals surface area contributed by atoms with Crippen molar-refractivity contribution in [3.8, 4) is 11.5 Å². The maximum absolute atomic E-state index is 12.5. The molecule has 1 aromatic carbocycles. The Balaban J connectivity index is 1.57. The molecule has 1 aliphatic rings. The van der Waals surface area contributed by atoms with Crippen molar-refractivity contribution < 1.29 is 9.21 Å². The molecule has 1 aromatic heterocycles. The topological polar surface area (TPSA) is 46.3 Å². The summed E-state index contributed by atoms with van der Waals surface area (Å²) in [6.45, 7) is 10.3. The molecule has 2 heterocycles. The Morgan fingerprint density at radius 1 is 1.23 bits per heavy atom. The van der Waals surface area contributed by atoms with Crippen LogP contribution in [0.2, 0.25) is 0 Å². The third kappa shape index (κ3) is 4.50. The van der Waals surface area contributed by atoms with Crippen molar-refractivity contribution in [2.75, 3.05) is 18.8 Å². The van der Waals surface area contributed by atoms with Gasteiger partial charge in [0.15, 0.2) is 0 Å². The first-order chi connectivity index (χ1) is 12.4. The predicted octanol–water partition coefficient (Wildman–Crippen LogP) is 4.70. The van der Waals surface area contributed by atoms with Crippen LogP contribution in [0, 0.1) is 25.7 Å². The molecule has 0 spiro atoms. The van der Waals surface area contributed by atoms with Gasteiger partial charge in [0.25, 0.3) is 0 Å². The molecular weight excluding hydrogens is 344 g/mol. The van der Waals surface area contributed by atoms with E-state index in [9.17, 15) is 4.79 Å². The molecule has 0 N–H and O–H groups in total. The Kier molecular flexibility index (Phi) is 6.07. The number of carbonyl (C=O) groups is 1. The number of oxazole rings is 1. The molecule has 5 heteroatoms. The van der Waals surface area contributed by atoms with E-state index in [1.54, 1.807) is 11.8 Å². The minimum atomic E-state index is 0.244. The van der Waals surface area contributed by atoms with Gasteiger partial charge in [0.05, 0.1) is 11.4 Å². The average molecular weight is 373 g/mol. The van der Waals surface area contributed by atoms with Crippen LogP contribution in [0.25, 0.3) is 11.5 Å². The fourth-order valence-corrected chi connectivity index (χ4v) is 4.60. The van der Waals surface area contributed by atoms with Crippen LogP contribution in [-0.2, 0) is 10.5 Å². The fourth-order valence-electron chi connectivity index (χ4n) is 3.68. The van der Waals surface area contributed by atoms with E-state index in [1.165, 1.54) is 6.42 Å². The molecule has 4 nitrogen and oxygen atoms in total. The number of carbonyl (C=O) groups excluding carboxylic acids is 1. The molecular formula is C21H28N2O2S. The van der Waals surface area contributed by atoms with Crippen molar-refractivity contribution in [3.63, 3.8) is 0 Å². The van der Waals surface area contributed by atoms with Gasteiger partial charge in [0.1, 0.15) is 5.76 Å². The SMILES string of the molecule is Cc1ccccc1-c1nc(CSCC(=O)N2CC(C)CC(C)C2)c(C)o1. The number of nitrogens with zero attached hydrogens (tertiary/aromatic N) is 2. The minimum Gasteiger partial charge on any atom is -0.441 e. The summed E-state index contributed by atoms with van der Waals surface area (Å²) in [7, 11) is 0. The van der Waals surface area contributed by atoms with Crippen LogP contribution in [0.3, 0.4) is 0 Å². The molecule has 3 rings (SSSR count). The quantitative estimate of drug-likeness (QED) is 0.763. The molecule has 1 fully saturated rings. The lowest BCUT2D eigenvalue weighted by Gasteiger charge is -2.35. The Morgan fingerprint density at radius 2 is 1.92 bits per heavy atom. The van der Waals surface area contributed by atoms with Crippen molar-refractivity contribution >= 4 is 17.7 Å². The molecule has 140 valence electrons. The van der Waals surface area contributed by atoms with E-state index in [4.69, 9.17) is 4.42 Å². The number of rotatable bonds is 5. The van der Waals surface area contributed by atoms with Crippen LogP contribution >= 0.6 is 11.8 Å². The first kappa shape index (κ1) is 19.0. The largest absolute Gasteiger partial charge is 0.441 e. The van der Waals surface area contributed by atoms with Crippen molar-refractivity contribution in [1.29, 1.82) is 0 Å². The van der Waals surface area contributed by atoms with Crippen molar-refractivity contribution in [2.45, 2.75) is 39.9 Å². The molecule has 2 unspecified atom stereocenters. The lowest BCUT2D eigenvalue weighted by Crippen LogP contribution is -2.43. The molecule has 2 aromatic rings. The van der Waals surface area contributed by atoms with Crippen molar-refractivity contribution in [1.82, 2.24) is 9.88 Å². The van der Waals surface area contributed by atoms with Crippen LogP contribution in [0.5, 0.6) is 0 Å². The molecule has 1 aliphatic heterocycles. The number of benzene rings is 1. The van der Waals surface area contributed by atoms with Crippen LogP contribution in [0.1, 0.15) is 37.3 Å². The van der Waals surface area contributed by atoms with Gasteiger partial charge in [-0.15, -0.1) is 11.8 Å². The Morgan fingerprint density at radius 3 is 2.62 bits per heavy atom. The monoisotopic (exact) mass is 372 g/mol. The first-order valence-corrected chi connectivity index (χ1v) is 10.5. The van der Waals surface area contributed by atoms with Gasteiger partial charge in [-0.2, -0.15) is 0 Å². The zero-order valence-corrected chi connectivity index (χ0v) is 16.9. The minimum absolute atomic E-state index is 0.244. The number of piperidine rings is 1. The summed E-state index contributed by atoms with van der Waals surface area (Å²) in [6, 6.07) is 8.09. The van der Waals surface area contributed by atoms with E-state index in [1.807, 2.05) is 30.0 Å². The van der Waals surface area contributed by atoms with Crippen molar-refractivity contribution in [3.05, 3.63) is 41.3 Å². The second-order valence-electron chi connectivity index (χ2n) is 7.57. The second-order valence-corrected chi connectivity index (χ2v) is 8.56. The van der Waals surface area contributed by atoms with Gasteiger partial charge in [-0.25, -0.2) is 4.98 Å².